The average Bonchev–Trinajstić information content (AvgIpc) is 1.51. The molecule has 0 atom stereocenters. The molecule has 11 N–H and O–H groups in total. The minimum atomic E-state index is -0.818. The van der Waals surface area contributed by atoms with E-state index in [2.05, 4.69) is 94.2 Å². The molecule has 131 heavy (non-hydrogen) atoms. The summed E-state index contributed by atoms with van der Waals surface area (Å²) in [6.45, 7) is 13.8. The zero-order valence-corrected chi connectivity index (χ0v) is 76.4. The van der Waals surface area contributed by atoms with Gasteiger partial charge in [0.1, 0.15) is 91.7 Å². The molecule has 33 heteroatoms. The lowest BCUT2D eigenvalue weighted by molar-refractivity contribution is 0.103. The molecule has 30 nitrogen and oxygen atoms in total. The maximum absolute atomic E-state index is 13.7. The number of carbonyl (C=O) groups is 1. The predicted molar refractivity (Wildman–Crippen MR) is 517 cm³/mol. The van der Waals surface area contributed by atoms with Crippen LogP contribution in [0.1, 0.15) is 244 Å². The van der Waals surface area contributed by atoms with Crippen LogP contribution in [0.15, 0.2) is 157 Å². The number of halogens is 2. The summed E-state index contributed by atoms with van der Waals surface area (Å²) in [6.07, 6.45) is 22.5. The van der Waals surface area contributed by atoms with E-state index in [0.717, 1.165) is 150 Å². The Labute approximate surface area is 768 Å². The highest BCUT2D eigenvalue weighted by atomic mass is 35.5. The predicted octanol–water partition coefficient (Wildman–Crippen LogP) is 20.6. The summed E-state index contributed by atoms with van der Waals surface area (Å²) in [5.74, 6) is 6.65. The summed E-state index contributed by atoms with van der Waals surface area (Å²) in [5.41, 5.74) is 44.6. The monoisotopic (exact) mass is 1800 g/mol. The maximum Gasteiger partial charge on any atom is 0.312 e. The molecule has 0 aliphatic heterocycles. The number of para-hydroxylation sites is 2. The van der Waals surface area contributed by atoms with Crippen molar-refractivity contribution in [3.05, 3.63) is 237 Å². The van der Waals surface area contributed by atoms with Crippen LogP contribution in [0.3, 0.4) is 0 Å². The van der Waals surface area contributed by atoms with Crippen LogP contribution in [0.5, 0.6) is 23.1 Å². The van der Waals surface area contributed by atoms with Gasteiger partial charge in [-0.1, -0.05) is 192 Å². The molecule has 0 unspecified atom stereocenters. The molecule has 672 valence electrons. The van der Waals surface area contributed by atoms with Crippen LogP contribution in [0.4, 0.5) is 45.0 Å². The van der Waals surface area contributed by atoms with Gasteiger partial charge in [0.15, 0.2) is 34.1 Å². The number of benzene rings is 6. The van der Waals surface area contributed by atoms with Crippen molar-refractivity contribution < 1.29 is 18.7 Å². The van der Waals surface area contributed by atoms with Gasteiger partial charge in [-0.3, -0.25) is 9.79 Å². The second-order valence-corrected chi connectivity index (χ2v) is 35.1. The van der Waals surface area contributed by atoms with Crippen LogP contribution in [0, 0.1) is 47.6 Å². The normalized spacial score (nSPS) is 15.1. The maximum atomic E-state index is 13.7. The number of nitrogens with two attached hydrogens (primary N) is 5. The van der Waals surface area contributed by atoms with Gasteiger partial charge in [-0.2, -0.15) is 39.7 Å². The number of hydrogen-bond acceptors (Lipinski definition) is 26. The van der Waals surface area contributed by atoms with Crippen LogP contribution in [0.2, 0.25) is 5.28 Å². The Hall–Kier alpha value is -13.9. The Morgan fingerprint density at radius 2 is 0.893 bits per heavy atom. The fraction of sp³-hybridized carbons (Fsp3) is 0.347. The number of aromatic nitrogens is 20. The number of nitrogens with zero attached hydrogens (tertiary/aromatic N) is 21. The largest absolute Gasteiger partial charge is 0.457 e. The lowest BCUT2D eigenvalue weighted by Gasteiger charge is -2.12. The summed E-state index contributed by atoms with van der Waals surface area (Å²) in [5, 5.41) is 30.6. The van der Waals surface area contributed by atoms with Crippen molar-refractivity contribution in [3.8, 4) is 23.1 Å². The van der Waals surface area contributed by atoms with Crippen LogP contribution in [0.25, 0.3) is 55.2 Å². The molecule has 0 spiro atoms. The number of aliphatic imine (C=N–C) groups is 1. The standard InChI is InChI=1S/C26H28N6O.C19H21N5O.C19H21N5S.C17H18ClN5O.C17H19FN6/c1-3-21-29-25(27)22-24(31-32(26(22)30-21)17-11-7-8-12-17)23(28-2)19-15-9-10-16-20(19)33-18-13-5-4-6-14-18;1-11-6-5-7-13(10-11)17(25)16-15-18(20)21-12(2)22-19(15)24(23-16)14-8-3-4-9-14;1-11-7-9-13(10-8-11)17(25)16-15-18(20)21-12(2)22-19(15)24(23-16)14-5-3-4-6-14;1-10-5-4-8-12(9-10)24-16-13-14(19)20-17(18)21-15(13)23(22-16)11-6-2-3-7-11;1-10-5-4-6-11(9-10)20-15-13-14(19)21-17(18)22-16(13)24(23-15)12-7-2-3-8-12/h4-6,9-10,13-17H,3,7-8,11-12H2,1-2H3,(H2,27,29,30);5-7,10,14H,3-4,8-9H2,1-2H3,(H2,20,21,22);7-10,14H,3-6H2,1-2H3,(H2,20,21,22);4-5,8-9,11H,2-3,6-7H2,1H3,(H2,19,20,21);4-6,9,12H,2-3,7-8H2,1H3,(H,20,23)(H2,19,21,22). The molecular weight excluding hydrogens is 1690 g/mol. The number of thiocarbonyl (C=S) groups is 1. The molecular formula is C98H107ClFN27O3S. The molecule has 0 amide bonds. The van der Waals surface area contributed by atoms with Gasteiger partial charge in [0.05, 0.1) is 56.9 Å². The van der Waals surface area contributed by atoms with E-state index in [1.807, 2.05) is 194 Å². The van der Waals surface area contributed by atoms with E-state index < -0.39 is 6.08 Å². The van der Waals surface area contributed by atoms with Crippen LogP contribution in [-0.4, -0.2) is 122 Å². The molecule has 16 aromatic rings. The van der Waals surface area contributed by atoms with E-state index in [9.17, 15) is 9.18 Å². The Kier molecular flexibility index (Phi) is 26.7. The number of anilines is 7. The van der Waals surface area contributed by atoms with Crippen molar-refractivity contribution in [3.63, 3.8) is 0 Å². The van der Waals surface area contributed by atoms with Gasteiger partial charge in [0.2, 0.25) is 11.1 Å². The van der Waals surface area contributed by atoms with Crippen molar-refractivity contribution in [2.24, 2.45) is 4.99 Å². The van der Waals surface area contributed by atoms with E-state index >= 15 is 0 Å². The van der Waals surface area contributed by atoms with Crippen LogP contribution in [-0.2, 0) is 6.42 Å². The third-order valence-corrected chi connectivity index (χ3v) is 25.4. The van der Waals surface area contributed by atoms with Crippen molar-refractivity contribution >= 4 is 136 Å². The highest BCUT2D eigenvalue weighted by Crippen LogP contribution is 2.43. The Balaban J connectivity index is 0.000000115. The summed E-state index contributed by atoms with van der Waals surface area (Å²) in [7, 11) is 1.77. The zero-order chi connectivity index (χ0) is 91.3. The lowest BCUT2D eigenvalue weighted by Crippen LogP contribution is -2.11. The molecule has 5 aliphatic carbocycles. The van der Waals surface area contributed by atoms with Gasteiger partial charge < -0.3 is 43.5 Å². The van der Waals surface area contributed by atoms with Crippen molar-refractivity contribution in [1.29, 1.82) is 0 Å². The number of aryl methyl sites for hydroxylation is 7. The second kappa shape index (κ2) is 39.2. The van der Waals surface area contributed by atoms with Gasteiger partial charge in [-0.05, 0) is 189 Å². The van der Waals surface area contributed by atoms with E-state index in [-0.39, 0.29) is 34.8 Å². The first-order valence-corrected chi connectivity index (χ1v) is 45.9. The van der Waals surface area contributed by atoms with E-state index in [1.54, 1.807) is 13.1 Å². The van der Waals surface area contributed by atoms with Gasteiger partial charge in [-0.25, -0.2) is 58.3 Å². The smallest absolute Gasteiger partial charge is 0.312 e. The number of ether oxygens (including phenoxy) is 2. The Bertz CT molecular complexity index is 6790. The third kappa shape index (κ3) is 19.3. The van der Waals surface area contributed by atoms with Crippen LogP contribution >= 0.6 is 23.8 Å². The molecule has 5 saturated carbocycles. The lowest BCUT2D eigenvalue weighted by atomic mass is 10.0. The Morgan fingerprint density at radius 3 is 1.46 bits per heavy atom. The van der Waals surface area contributed by atoms with Crippen LogP contribution < -0.4 is 43.5 Å². The number of nitrogen functional groups attached to an aromatic ring is 5. The molecule has 0 bridgehead atoms. The molecule has 5 fully saturated rings. The average molecular weight is 1800 g/mol. The number of nitrogens with one attached hydrogen (secondary N) is 1. The minimum Gasteiger partial charge on any atom is -0.457 e. The van der Waals surface area contributed by atoms with Gasteiger partial charge in [0.25, 0.3) is 5.88 Å². The van der Waals surface area contributed by atoms with E-state index in [4.69, 9.17) is 77.1 Å². The van der Waals surface area contributed by atoms with Crippen molar-refractivity contribution in [2.75, 3.05) is 41.0 Å². The summed E-state index contributed by atoms with van der Waals surface area (Å²) < 4.78 is 35.6. The molecule has 10 aromatic heterocycles. The van der Waals surface area contributed by atoms with Crippen molar-refractivity contribution in [2.45, 2.75) is 214 Å². The highest BCUT2D eigenvalue weighted by Gasteiger charge is 2.34. The summed E-state index contributed by atoms with van der Waals surface area (Å²) in [6, 6.07) is 50.5. The van der Waals surface area contributed by atoms with Gasteiger partial charge >= 0.3 is 6.08 Å². The molecule has 0 saturated heterocycles. The number of fused-ring (bicyclic) bond motifs is 5. The number of carbonyl (C=O) groups excluding carboxylic acids is 1. The topological polar surface area (TPSA) is 408 Å². The van der Waals surface area contributed by atoms with Gasteiger partial charge in [0, 0.05) is 30.3 Å². The number of ketones is 1. The zero-order valence-electron chi connectivity index (χ0n) is 74.8. The Morgan fingerprint density at radius 1 is 0.435 bits per heavy atom. The molecule has 5 aliphatic rings. The molecule has 0 radical (unpaired) electrons. The summed E-state index contributed by atoms with van der Waals surface area (Å²) in [4.78, 5) is 61.7. The van der Waals surface area contributed by atoms with E-state index in [1.165, 1.54) is 56.9 Å². The fourth-order valence-electron chi connectivity index (χ4n) is 18.5. The fourth-order valence-corrected chi connectivity index (χ4v) is 18.9. The number of hydrogen-bond donors (Lipinski definition) is 6. The molecule has 10 heterocycles. The van der Waals surface area contributed by atoms with Gasteiger partial charge in [-0.15, -0.1) is 5.10 Å². The first-order chi connectivity index (χ1) is 63.5. The molecule has 6 aromatic carbocycles. The number of rotatable bonds is 18. The SMILES string of the molecule is CCc1nc(N)c2c(C(=NC)c3ccccc3Oc3ccccc3)nn(C3CCCC3)c2n1.Cc1ccc(C(=S)c2nn(C3CCCC3)c3nc(C)nc(N)c23)cc1.Cc1cccc(C(=O)c2nn(C3CCCC3)c3nc(C)nc(N)c23)c1.Cc1cccc(Nc2nn(C3CCCC3)c3nc(F)nc(N)c23)c1.Cc1cccc(Oc2nn(C3CCCC3)c3nc(Cl)nc(N)c23)c1. The third-order valence-electron chi connectivity index (χ3n) is 24.8. The first kappa shape index (κ1) is 89.1. The van der Waals surface area contributed by atoms with Crippen molar-refractivity contribution in [1.82, 2.24) is 98.7 Å². The molecule has 21 rings (SSSR count). The first-order valence-electron chi connectivity index (χ1n) is 45.1. The second-order valence-electron chi connectivity index (χ2n) is 34.3. The quantitative estimate of drug-likeness (QED) is 0.0201. The summed E-state index contributed by atoms with van der Waals surface area (Å²) >= 11 is 11.8. The minimum absolute atomic E-state index is 0.108. The van der Waals surface area contributed by atoms with E-state index in [0.29, 0.717) is 137 Å². The highest BCUT2D eigenvalue weighted by molar-refractivity contribution is 7.81.